The first-order valence-electron chi connectivity index (χ1n) is 11.7. The Kier molecular flexibility index (Phi) is 5.02. The molecule has 0 amide bonds. The van der Waals surface area contributed by atoms with Gasteiger partial charge >= 0.3 is 0 Å². The standard InChI is InChI=1S/C25H29N7O/c1-15-22(13-29-25-24(15)27-6-8-33-25)32-7-4-17-12-28-23(10-19(17)14-32)31-21-9-18-11-26-5-3-20(18)30-16(21)2/h9-10,12-13,26-27H,3-8,11,14H2,1-2H3,(H,28,31). The van der Waals surface area contributed by atoms with Crippen molar-refractivity contribution in [2.75, 3.05) is 41.8 Å². The Balaban J connectivity index is 1.26. The second kappa shape index (κ2) is 8.19. The molecule has 0 saturated carbocycles. The van der Waals surface area contributed by atoms with Crippen molar-refractivity contribution >= 4 is 22.9 Å². The Labute approximate surface area is 193 Å². The van der Waals surface area contributed by atoms with Gasteiger partial charge in [-0.2, -0.15) is 0 Å². The Bertz CT molecular complexity index is 1230. The highest BCUT2D eigenvalue weighted by atomic mass is 16.5. The molecular weight excluding hydrogens is 414 g/mol. The lowest BCUT2D eigenvalue weighted by molar-refractivity contribution is 0.310. The van der Waals surface area contributed by atoms with Gasteiger partial charge in [0, 0.05) is 56.6 Å². The summed E-state index contributed by atoms with van der Waals surface area (Å²) in [7, 11) is 0. The molecule has 6 rings (SSSR count). The van der Waals surface area contributed by atoms with Crippen LogP contribution >= 0.6 is 0 Å². The molecule has 3 aromatic heterocycles. The summed E-state index contributed by atoms with van der Waals surface area (Å²) in [6, 6.07) is 4.40. The van der Waals surface area contributed by atoms with Gasteiger partial charge in [-0.25, -0.2) is 9.97 Å². The molecule has 0 bridgehead atoms. The fourth-order valence-corrected chi connectivity index (χ4v) is 5.00. The van der Waals surface area contributed by atoms with E-state index in [1.165, 1.54) is 27.9 Å². The number of ether oxygens (including phenoxy) is 1. The minimum Gasteiger partial charge on any atom is -0.474 e. The van der Waals surface area contributed by atoms with E-state index in [-0.39, 0.29) is 0 Å². The normalized spacial score (nSPS) is 16.7. The maximum Gasteiger partial charge on any atom is 0.237 e. The predicted octanol–water partition coefficient (Wildman–Crippen LogP) is 3.24. The van der Waals surface area contributed by atoms with Crippen LogP contribution in [0.15, 0.2) is 24.5 Å². The van der Waals surface area contributed by atoms with Crippen LogP contribution in [0.25, 0.3) is 0 Å². The Morgan fingerprint density at radius 1 is 1.03 bits per heavy atom. The summed E-state index contributed by atoms with van der Waals surface area (Å²) in [6.45, 7) is 9.34. The molecule has 3 aliphatic rings. The number of aromatic nitrogens is 3. The van der Waals surface area contributed by atoms with Crippen LogP contribution in [0.4, 0.5) is 22.9 Å². The molecule has 0 radical (unpaired) electrons. The number of pyridine rings is 3. The van der Waals surface area contributed by atoms with Crippen molar-refractivity contribution in [1.29, 1.82) is 0 Å². The quantitative estimate of drug-likeness (QED) is 0.569. The molecule has 170 valence electrons. The van der Waals surface area contributed by atoms with Gasteiger partial charge in [0.1, 0.15) is 18.1 Å². The summed E-state index contributed by atoms with van der Waals surface area (Å²) in [5.74, 6) is 1.57. The zero-order valence-electron chi connectivity index (χ0n) is 19.2. The van der Waals surface area contributed by atoms with Crippen molar-refractivity contribution in [1.82, 2.24) is 20.3 Å². The van der Waals surface area contributed by atoms with Crippen LogP contribution in [-0.4, -0.2) is 41.2 Å². The van der Waals surface area contributed by atoms with Crippen LogP contribution in [0.2, 0.25) is 0 Å². The van der Waals surface area contributed by atoms with Crippen LogP contribution in [0, 0.1) is 13.8 Å². The molecule has 0 fully saturated rings. The van der Waals surface area contributed by atoms with E-state index in [1.807, 2.05) is 12.4 Å². The van der Waals surface area contributed by atoms with Crippen LogP contribution < -0.4 is 25.6 Å². The van der Waals surface area contributed by atoms with Crippen LogP contribution in [-0.2, 0) is 25.9 Å². The van der Waals surface area contributed by atoms with Crippen molar-refractivity contribution < 1.29 is 4.74 Å². The number of hydrogen-bond donors (Lipinski definition) is 3. The van der Waals surface area contributed by atoms with Gasteiger partial charge in [0.25, 0.3) is 0 Å². The van der Waals surface area contributed by atoms with Gasteiger partial charge in [0.15, 0.2) is 0 Å². The molecule has 8 nitrogen and oxygen atoms in total. The SMILES string of the molecule is Cc1nc2c(cc1Nc1cc3c(cn1)CCN(c1cnc4c(c1C)NCCO4)C3)CNCC2. The fraction of sp³-hybridized carbons (Fsp3) is 0.400. The number of fused-ring (bicyclic) bond motifs is 3. The second-order valence-corrected chi connectivity index (χ2v) is 9.01. The molecule has 0 unspecified atom stereocenters. The zero-order valence-corrected chi connectivity index (χ0v) is 19.2. The van der Waals surface area contributed by atoms with Gasteiger partial charge < -0.3 is 25.6 Å². The van der Waals surface area contributed by atoms with Gasteiger partial charge in [-0.3, -0.25) is 4.98 Å². The topological polar surface area (TPSA) is 87.2 Å². The lowest BCUT2D eigenvalue weighted by Crippen LogP contribution is -2.32. The molecule has 0 aliphatic carbocycles. The Hall–Kier alpha value is -3.39. The van der Waals surface area contributed by atoms with Gasteiger partial charge in [-0.05, 0) is 49.1 Å². The van der Waals surface area contributed by atoms with E-state index < -0.39 is 0 Å². The summed E-state index contributed by atoms with van der Waals surface area (Å²) in [5.41, 5.74) is 10.5. The van der Waals surface area contributed by atoms with Crippen molar-refractivity contribution in [3.63, 3.8) is 0 Å². The zero-order chi connectivity index (χ0) is 22.4. The molecule has 6 heterocycles. The summed E-state index contributed by atoms with van der Waals surface area (Å²) < 4.78 is 5.70. The van der Waals surface area contributed by atoms with Crippen LogP contribution in [0.5, 0.6) is 5.88 Å². The molecule has 0 aromatic carbocycles. The van der Waals surface area contributed by atoms with E-state index >= 15 is 0 Å². The van der Waals surface area contributed by atoms with Crippen molar-refractivity contribution in [3.05, 3.63) is 58.2 Å². The number of nitrogens with one attached hydrogen (secondary N) is 3. The molecule has 0 spiro atoms. The average Bonchev–Trinajstić information content (AvgIpc) is 2.84. The molecule has 33 heavy (non-hydrogen) atoms. The average molecular weight is 444 g/mol. The van der Waals surface area contributed by atoms with Crippen molar-refractivity contribution in [3.8, 4) is 5.88 Å². The van der Waals surface area contributed by atoms with Gasteiger partial charge in [0.05, 0.1) is 23.3 Å². The third-order valence-electron chi connectivity index (χ3n) is 6.85. The first-order chi connectivity index (χ1) is 16.2. The summed E-state index contributed by atoms with van der Waals surface area (Å²) in [4.78, 5) is 16.5. The van der Waals surface area contributed by atoms with Gasteiger partial charge in [0.2, 0.25) is 5.88 Å². The largest absolute Gasteiger partial charge is 0.474 e. The molecule has 8 heteroatoms. The fourth-order valence-electron chi connectivity index (χ4n) is 5.00. The highest BCUT2D eigenvalue weighted by Crippen LogP contribution is 2.36. The molecule has 0 atom stereocenters. The Morgan fingerprint density at radius 2 is 1.97 bits per heavy atom. The number of anilines is 4. The lowest BCUT2D eigenvalue weighted by Gasteiger charge is -2.33. The molecular formula is C25H29N7O. The lowest BCUT2D eigenvalue weighted by atomic mass is 10.0. The van der Waals surface area contributed by atoms with E-state index in [0.29, 0.717) is 12.5 Å². The monoisotopic (exact) mass is 443 g/mol. The maximum absolute atomic E-state index is 5.70. The van der Waals surface area contributed by atoms with Crippen molar-refractivity contribution in [2.24, 2.45) is 0 Å². The molecule has 3 N–H and O–H groups in total. The van der Waals surface area contributed by atoms with Gasteiger partial charge in [-0.1, -0.05) is 0 Å². The molecule has 0 saturated heterocycles. The van der Waals surface area contributed by atoms with Crippen LogP contribution in [0.3, 0.4) is 0 Å². The minimum atomic E-state index is 0.661. The van der Waals surface area contributed by atoms with E-state index in [1.54, 1.807) is 0 Å². The number of aryl methyl sites for hydroxylation is 1. The smallest absolute Gasteiger partial charge is 0.237 e. The van der Waals surface area contributed by atoms with E-state index in [4.69, 9.17) is 14.7 Å². The summed E-state index contributed by atoms with van der Waals surface area (Å²) in [6.07, 6.45) is 5.92. The first-order valence-corrected chi connectivity index (χ1v) is 11.7. The predicted molar refractivity (Wildman–Crippen MR) is 130 cm³/mol. The van der Waals surface area contributed by atoms with E-state index in [9.17, 15) is 0 Å². The highest BCUT2D eigenvalue weighted by Gasteiger charge is 2.23. The molecule has 3 aromatic rings. The van der Waals surface area contributed by atoms with E-state index in [0.717, 1.165) is 74.1 Å². The van der Waals surface area contributed by atoms with Crippen LogP contribution in [0.1, 0.15) is 33.6 Å². The molecule has 3 aliphatic heterocycles. The second-order valence-electron chi connectivity index (χ2n) is 9.01. The number of hydrogen-bond acceptors (Lipinski definition) is 8. The summed E-state index contributed by atoms with van der Waals surface area (Å²) in [5, 5.41) is 10.4. The number of rotatable bonds is 3. The maximum atomic E-state index is 5.70. The van der Waals surface area contributed by atoms with Gasteiger partial charge in [-0.15, -0.1) is 0 Å². The van der Waals surface area contributed by atoms with Crippen molar-refractivity contribution in [2.45, 2.75) is 39.8 Å². The van der Waals surface area contributed by atoms with E-state index in [2.05, 4.69) is 51.8 Å². The first kappa shape index (κ1) is 20.2. The number of nitrogens with zero attached hydrogens (tertiary/aromatic N) is 4. The Morgan fingerprint density at radius 3 is 2.91 bits per heavy atom. The summed E-state index contributed by atoms with van der Waals surface area (Å²) >= 11 is 0. The third-order valence-corrected chi connectivity index (χ3v) is 6.85. The third kappa shape index (κ3) is 3.74. The highest BCUT2D eigenvalue weighted by molar-refractivity contribution is 5.71. The minimum absolute atomic E-state index is 0.661.